The summed E-state index contributed by atoms with van der Waals surface area (Å²) < 4.78 is 27.3. The summed E-state index contributed by atoms with van der Waals surface area (Å²) in [7, 11) is -0.810. The number of piperidine rings is 1. The summed E-state index contributed by atoms with van der Waals surface area (Å²) in [6.45, 7) is 10.6. The van der Waals surface area contributed by atoms with Gasteiger partial charge in [-0.15, -0.1) is 0 Å². The van der Waals surface area contributed by atoms with Gasteiger partial charge < -0.3 is 14.2 Å². The van der Waals surface area contributed by atoms with Gasteiger partial charge >= 0.3 is 7.12 Å². The van der Waals surface area contributed by atoms with Gasteiger partial charge in [0.15, 0.2) is 0 Å². The minimum atomic E-state index is -0.810. The van der Waals surface area contributed by atoms with Gasteiger partial charge in [0, 0.05) is 18.0 Å². The zero-order valence-electron chi connectivity index (χ0n) is 17.2. The monoisotopic (exact) mass is 375 g/mol. The molecular formula is C21H31BFNO3. The third-order valence-electron chi connectivity index (χ3n) is 6.28. The molecule has 0 radical (unpaired) electrons. The maximum Gasteiger partial charge on any atom is 0.497 e. The third-order valence-corrected chi connectivity index (χ3v) is 6.28. The number of halogens is 1. The van der Waals surface area contributed by atoms with E-state index in [4.69, 9.17) is 9.31 Å². The quantitative estimate of drug-likeness (QED) is 0.749. The first-order valence-electron chi connectivity index (χ1n) is 10.1. The van der Waals surface area contributed by atoms with Crippen LogP contribution in [0.5, 0.6) is 0 Å². The zero-order chi connectivity index (χ0) is 19.8. The van der Waals surface area contributed by atoms with Crippen LogP contribution >= 0.6 is 0 Å². The van der Waals surface area contributed by atoms with E-state index in [1.807, 2.05) is 32.6 Å². The second-order valence-corrected chi connectivity index (χ2v) is 8.73. The molecule has 2 heterocycles. The van der Waals surface area contributed by atoms with Crippen molar-refractivity contribution in [2.45, 2.75) is 84.0 Å². The highest BCUT2D eigenvalue weighted by molar-refractivity contribution is 6.62. The van der Waals surface area contributed by atoms with Crippen LogP contribution in [0.4, 0.5) is 4.39 Å². The van der Waals surface area contributed by atoms with E-state index in [0.29, 0.717) is 12.0 Å². The summed E-state index contributed by atoms with van der Waals surface area (Å²) in [6, 6.07) is 5.14. The number of rotatable bonds is 4. The highest BCUT2D eigenvalue weighted by Crippen LogP contribution is 2.36. The summed E-state index contributed by atoms with van der Waals surface area (Å²) in [5.41, 5.74) is -0.694. The second-order valence-electron chi connectivity index (χ2n) is 8.73. The number of hydrogen-bond acceptors (Lipinski definition) is 3. The average molecular weight is 375 g/mol. The second kappa shape index (κ2) is 7.55. The molecule has 6 heteroatoms. The largest absolute Gasteiger partial charge is 0.497 e. The fourth-order valence-corrected chi connectivity index (χ4v) is 3.92. The van der Waals surface area contributed by atoms with E-state index in [9.17, 15) is 4.79 Å². The Morgan fingerprint density at radius 1 is 1.22 bits per heavy atom. The van der Waals surface area contributed by atoms with Crippen molar-refractivity contribution >= 4 is 18.5 Å². The zero-order valence-corrected chi connectivity index (χ0v) is 17.2. The van der Waals surface area contributed by atoms with Crippen LogP contribution in [0.2, 0.25) is 0 Å². The van der Waals surface area contributed by atoms with Crippen molar-refractivity contribution in [1.82, 2.24) is 4.90 Å². The molecule has 2 fully saturated rings. The van der Waals surface area contributed by atoms with Gasteiger partial charge in [0.25, 0.3) is 5.91 Å². The molecule has 2 aliphatic heterocycles. The van der Waals surface area contributed by atoms with E-state index in [0.717, 1.165) is 32.1 Å². The Balaban J connectivity index is 1.88. The first kappa shape index (κ1) is 20.3. The summed E-state index contributed by atoms with van der Waals surface area (Å²) in [6.07, 6.45) is 5.09. The molecule has 148 valence electrons. The average Bonchev–Trinajstić information content (AvgIpc) is 2.83. The Morgan fingerprint density at radius 3 is 2.52 bits per heavy atom. The van der Waals surface area contributed by atoms with E-state index in [2.05, 4.69) is 6.92 Å². The summed E-state index contributed by atoms with van der Waals surface area (Å²) in [5, 5.41) is 0. The Kier molecular flexibility index (Phi) is 5.69. The topological polar surface area (TPSA) is 38.8 Å². The fraction of sp³-hybridized carbons (Fsp3) is 0.667. The Hall–Kier alpha value is -1.40. The highest BCUT2D eigenvalue weighted by atomic mass is 19.1. The maximum absolute atomic E-state index is 15.3. The van der Waals surface area contributed by atoms with Gasteiger partial charge in [-0.3, -0.25) is 4.79 Å². The maximum atomic E-state index is 15.3. The van der Waals surface area contributed by atoms with E-state index in [1.54, 1.807) is 18.2 Å². The highest BCUT2D eigenvalue weighted by Gasteiger charge is 2.52. The smallest absolute Gasteiger partial charge is 0.399 e. The first-order valence-corrected chi connectivity index (χ1v) is 10.1. The lowest BCUT2D eigenvalue weighted by atomic mass is 9.77. The lowest BCUT2D eigenvalue weighted by Crippen LogP contribution is -2.45. The van der Waals surface area contributed by atoms with Crippen LogP contribution in [-0.2, 0) is 9.31 Å². The van der Waals surface area contributed by atoms with Crippen LogP contribution in [0.25, 0.3) is 0 Å². The van der Waals surface area contributed by atoms with Crippen LogP contribution in [0.1, 0.15) is 77.1 Å². The van der Waals surface area contributed by atoms with Crippen molar-refractivity contribution < 1.29 is 18.5 Å². The summed E-state index contributed by atoms with van der Waals surface area (Å²) >= 11 is 0. The van der Waals surface area contributed by atoms with Crippen LogP contribution in [-0.4, -0.2) is 41.7 Å². The van der Waals surface area contributed by atoms with Crippen molar-refractivity contribution in [1.29, 1.82) is 0 Å². The molecule has 0 aromatic heterocycles. The molecule has 27 heavy (non-hydrogen) atoms. The molecule has 2 saturated heterocycles. The normalized spacial score (nSPS) is 24.3. The first-order chi connectivity index (χ1) is 12.7. The number of benzene rings is 1. The number of carbonyl (C=O) groups is 1. The summed E-state index contributed by atoms with van der Waals surface area (Å²) in [4.78, 5) is 15.0. The van der Waals surface area contributed by atoms with Crippen molar-refractivity contribution in [2.75, 3.05) is 6.54 Å². The van der Waals surface area contributed by atoms with Crippen molar-refractivity contribution in [3.05, 3.63) is 29.6 Å². The number of carbonyl (C=O) groups excluding carboxylic acids is 1. The van der Waals surface area contributed by atoms with Crippen LogP contribution in [0.15, 0.2) is 18.2 Å². The number of hydrogen-bond donors (Lipinski definition) is 0. The predicted octanol–water partition coefficient (Wildman–Crippen LogP) is 3.92. The predicted molar refractivity (Wildman–Crippen MR) is 106 cm³/mol. The van der Waals surface area contributed by atoms with E-state index in [-0.39, 0.29) is 17.5 Å². The van der Waals surface area contributed by atoms with Crippen LogP contribution in [0, 0.1) is 5.82 Å². The van der Waals surface area contributed by atoms with Crippen LogP contribution < -0.4 is 5.46 Å². The van der Waals surface area contributed by atoms with E-state index < -0.39 is 24.1 Å². The minimum absolute atomic E-state index is 0.116. The Morgan fingerprint density at radius 2 is 1.89 bits per heavy atom. The minimum Gasteiger partial charge on any atom is -0.399 e. The lowest BCUT2D eigenvalue weighted by molar-refractivity contribution is 0.00578. The number of likely N-dealkylation sites (tertiary alicyclic amines) is 1. The molecule has 1 amide bonds. The molecule has 2 aliphatic rings. The Bertz CT molecular complexity index is 689. The molecule has 1 aromatic carbocycles. The molecule has 4 nitrogen and oxygen atoms in total. The third kappa shape index (κ3) is 3.79. The fourth-order valence-electron chi connectivity index (χ4n) is 3.92. The Labute approximate surface area is 162 Å². The molecular weight excluding hydrogens is 344 g/mol. The SMILES string of the molecule is CCC[C@@H]1CCCCN1C(=O)c1cccc(B2OC(C)(C)C(C)(C)O2)c1F. The van der Waals surface area contributed by atoms with Crippen molar-refractivity contribution in [3.8, 4) is 0 Å². The van der Waals surface area contributed by atoms with Gasteiger partial charge in [0.1, 0.15) is 5.82 Å². The van der Waals surface area contributed by atoms with Gasteiger partial charge in [0.05, 0.1) is 16.8 Å². The van der Waals surface area contributed by atoms with E-state index in [1.165, 1.54) is 0 Å². The number of nitrogens with zero attached hydrogens (tertiary/aromatic N) is 1. The van der Waals surface area contributed by atoms with Gasteiger partial charge in [-0.05, 0) is 59.4 Å². The molecule has 0 spiro atoms. The van der Waals surface area contributed by atoms with Crippen LogP contribution in [0.3, 0.4) is 0 Å². The van der Waals surface area contributed by atoms with Gasteiger partial charge in [-0.2, -0.15) is 0 Å². The summed E-state index contributed by atoms with van der Waals surface area (Å²) in [5.74, 6) is -0.745. The number of amides is 1. The van der Waals surface area contributed by atoms with Gasteiger partial charge in [0.2, 0.25) is 0 Å². The van der Waals surface area contributed by atoms with Gasteiger partial charge in [-0.25, -0.2) is 4.39 Å². The molecule has 0 saturated carbocycles. The lowest BCUT2D eigenvalue weighted by Gasteiger charge is -2.36. The molecule has 3 rings (SSSR count). The molecule has 1 aromatic rings. The standard InChI is InChI=1S/C21H31BFNO3/c1-6-10-15-11-7-8-14-24(15)19(25)16-12-9-13-17(18(16)23)22-26-20(2,3)21(4,5)27-22/h9,12-13,15H,6-8,10-11,14H2,1-5H3/t15-/m1/s1. The molecule has 0 N–H and O–H groups in total. The van der Waals surface area contributed by atoms with Gasteiger partial charge in [-0.1, -0.05) is 25.5 Å². The molecule has 1 atom stereocenters. The molecule has 0 aliphatic carbocycles. The van der Waals surface area contributed by atoms with Crippen molar-refractivity contribution in [2.24, 2.45) is 0 Å². The van der Waals surface area contributed by atoms with Crippen molar-refractivity contribution in [3.63, 3.8) is 0 Å². The van der Waals surface area contributed by atoms with E-state index >= 15 is 4.39 Å². The molecule has 0 unspecified atom stereocenters. The molecule has 0 bridgehead atoms.